The average molecular weight is 222 g/mol. The van der Waals surface area contributed by atoms with Crippen LogP contribution in [0.2, 0.25) is 0 Å². The van der Waals surface area contributed by atoms with Gasteiger partial charge in [0.05, 0.1) is 6.61 Å². The summed E-state index contributed by atoms with van der Waals surface area (Å²) in [4.78, 5) is 6.78. The molecule has 0 fully saturated rings. The first kappa shape index (κ1) is 13.0. The van der Waals surface area contributed by atoms with Crippen LogP contribution in [0.15, 0.2) is 18.2 Å². The lowest BCUT2D eigenvalue weighted by atomic mass is 9.98. The van der Waals surface area contributed by atoms with E-state index in [1.54, 1.807) is 0 Å². The van der Waals surface area contributed by atoms with Crippen molar-refractivity contribution in [1.29, 1.82) is 0 Å². The van der Waals surface area contributed by atoms with Gasteiger partial charge in [0.1, 0.15) is 0 Å². The van der Waals surface area contributed by atoms with Gasteiger partial charge in [-0.05, 0) is 29.5 Å². The molecule has 0 saturated carbocycles. The highest BCUT2D eigenvalue weighted by Gasteiger charge is 2.07. The van der Waals surface area contributed by atoms with Crippen molar-refractivity contribution in [3.05, 3.63) is 29.3 Å². The molecule has 1 rings (SSSR count). The number of anilines is 1. The van der Waals surface area contributed by atoms with Gasteiger partial charge in [-0.1, -0.05) is 26.0 Å². The van der Waals surface area contributed by atoms with Crippen LogP contribution in [0.5, 0.6) is 0 Å². The average Bonchev–Trinajstić information content (AvgIpc) is 2.25. The highest BCUT2D eigenvalue weighted by atomic mass is 16.6. The maximum atomic E-state index is 5.09. The Labute approximate surface area is 98.2 Å². The van der Waals surface area contributed by atoms with Gasteiger partial charge in [-0.15, -0.1) is 0 Å². The highest BCUT2D eigenvalue weighted by molar-refractivity contribution is 5.54. The molecule has 0 bridgehead atoms. The predicted octanol–water partition coefficient (Wildman–Crippen LogP) is 2.31. The maximum absolute atomic E-state index is 5.09. The van der Waals surface area contributed by atoms with Gasteiger partial charge >= 0.3 is 0 Å². The van der Waals surface area contributed by atoms with Crippen molar-refractivity contribution in [3.8, 4) is 0 Å². The van der Waals surface area contributed by atoms with Crippen molar-refractivity contribution in [2.24, 2.45) is 5.90 Å². The number of nitrogens with zero attached hydrogens (tertiary/aromatic N) is 1. The van der Waals surface area contributed by atoms with Gasteiger partial charge in [-0.25, -0.2) is 5.90 Å². The fourth-order valence-electron chi connectivity index (χ4n) is 1.77. The normalized spacial score (nSPS) is 10.9. The molecular formula is C13H22N2O. The molecule has 0 unspecified atom stereocenters. The van der Waals surface area contributed by atoms with E-state index in [4.69, 9.17) is 5.90 Å². The van der Waals surface area contributed by atoms with E-state index in [1.807, 2.05) is 0 Å². The minimum absolute atomic E-state index is 0.550. The fourth-order valence-corrected chi connectivity index (χ4v) is 1.77. The summed E-state index contributed by atoms with van der Waals surface area (Å²) in [6.07, 6.45) is 0.852. The van der Waals surface area contributed by atoms with Crippen molar-refractivity contribution in [1.82, 2.24) is 0 Å². The first-order valence-corrected chi connectivity index (χ1v) is 5.68. The van der Waals surface area contributed by atoms with E-state index < -0.39 is 0 Å². The van der Waals surface area contributed by atoms with Crippen LogP contribution in [0.1, 0.15) is 30.9 Å². The largest absolute Gasteiger partial charge is 0.377 e. The second kappa shape index (κ2) is 5.87. The van der Waals surface area contributed by atoms with Crippen molar-refractivity contribution in [3.63, 3.8) is 0 Å². The van der Waals surface area contributed by atoms with Gasteiger partial charge in [0.15, 0.2) is 0 Å². The molecule has 1 aromatic carbocycles. The first-order valence-electron chi connectivity index (χ1n) is 5.68. The number of hydrogen-bond donors (Lipinski definition) is 1. The Morgan fingerprint density at radius 1 is 1.31 bits per heavy atom. The van der Waals surface area contributed by atoms with Crippen LogP contribution in [-0.2, 0) is 11.3 Å². The molecule has 0 aromatic heterocycles. The predicted molar refractivity (Wildman–Crippen MR) is 68.7 cm³/mol. The fraction of sp³-hybridized carbons (Fsp3) is 0.538. The molecule has 0 saturated heterocycles. The van der Waals surface area contributed by atoms with Gasteiger partial charge in [0, 0.05) is 19.8 Å². The maximum Gasteiger partial charge on any atom is 0.0720 e. The summed E-state index contributed by atoms with van der Waals surface area (Å²) in [5.41, 5.74) is 3.89. The van der Waals surface area contributed by atoms with Crippen LogP contribution in [0.25, 0.3) is 0 Å². The molecule has 0 heterocycles. The molecule has 0 radical (unpaired) electrons. The smallest absolute Gasteiger partial charge is 0.0720 e. The van der Waals surface area contributed by atoms with Crippen molar-refractivity contribution >= 4 is 5.69 Å². The third-order valence-corrected chi connectivity index (χ3v) is 2.74. The SMILES string of the molecule is CC(C)c1ccc(N(C)C)c(CCON)c1. The van der Waals surface area contributed by atoms with E-state index >= 15 is 0 Å². The van der Waals surface area contributed by atoms with E-state index in [0.29, 0.717) is 12.5 Å². The van der Waals surface area contributed by atoms with Crippen molar-refractivity contribution in [2.45, 2.75) is 26.2 Å². The Kier molecular flexibility index (Phi) is 4.77. The summed E-state index contributed by atoms with van der Waals surface area (Å²) in [6.45, 7) is 4.96. The van der Waals surface area contributed by atoms with E-state index in [2.05, 4.69) is 55.9 Å². The Morgan fingerprint density at radius 3 is 2.50 bits per heavy atom. The van der Waals surface area contributed by atoms with Gasteiger partial charge in [0.2, 0.25) is 0 Å². The second-order valence-corrected chi connectivity index (χ2v) is 4.56. The lowest BCUT2D eigenvalue weighted by Crippen LogP contribution is -2.13. The number of benzene rings is 1. The first-order chi connectivity index (χ1) is 7.56. The number of nitrogens with two attached hydrogens (primary N) is 1. The monoisotopic (exact) mass is 222 g/mol. The van der Waals surface area contributed by atoms with Crippen molar-refractivity contribution < 1.29 is 4.84 Å². The molecule has 3 nitrogen and oxygen atoms in total. The van der Waals surface area contributed by atoms with Gasteiger partial charge in [-0.2, -0.15) is 0 Å². The lowest BCUT2D eigenvalue weighted by molar-refractivity contribution is 0.141. The topological polar surface area (TPSA) is 38.5 Å². The summed E-state index contributed by atoms with van der Waals surface area (Å²) in [5.74, 6) is 5.64. The molecule has 90 valence electrons. The van der Waals surface area contributed by atoms with Gasteiger partial charge in [0.25, 0.3) is 0 Å². The Balaban J connectivity index is 3.01. The minimum atomic E-state index is 0.550. The molecule has 16 heavy (non-hydrogen) atoms. The summed E-state index contributed by atoms with van der Waals surface area (Å²) < 4.78 is 0. The second-order valence-electron chi connectivity index (χ2n) is 4.56. The van der Waals surface area contributed by atoms with Crippen molar-refractivity contribution in [2.75, 3.05) is 25.6 Å². The summed E-state index contributed by atoms with van der Waals surface area (Å²) in [7, 11) is 4.11. The molecule has 3 heteroatoms. The Morgan fingerprint density at radius 2 is 2.00 bits per heavy atom. The molecule has 0 aliphatic heterocycles. The standard InChI is InChI=1S/C13H22N2O/c1-10(2)11-5-6-13(15(3)4)12(9-11)7-8-16-14/h5-6,9-10H,7-8,14H2,1-4H3. The highest BCUT2D eigenvalue weighted by Crippen LogP contribution is 2.24. The van der Waals surface area contributed by atoms with Crippen LogP contribution >= 0.6 is 0 Å². The van der Waals surface area contributed by atoms with Crippen LogP contribution in [0.3, 0.4) is 0 Å². The molecule has 2 N–H and O–H groups in total. The zero-order chi connectivity index (χ0) is 12.1. The third kappa shape index (κ3) is 3.22. The lowest BCUT2D eigenvalue weighted by Gasteiger charge is -2.19. The summed E-state index contributed by atoms with van der Waals surface area (Å²) >= 11 is 0. The molecule has 1 aromatic rings. The molecule has 0 aliphatic carbocycles. The van der Waals surface area contributed by atoms with Gasteiger partial charge in [-0.3, -0.25) is 0 Å². The zero-order valence-electron chi connectivity index (χ0n) is 10.7. The number of hydrogen-bond acceptors (Lipinski definition) is 3. The Hall–Kier alpha value is -1.06. The summed E-state index contributed by atoms with van der Waals surface area (Å²) in [5, 5.41) is 0. The van der Waals surface area contributed by atoms with Crippen LogP contribution < -0.4 is 10.8 Å². The zero-order valence-corrected chi connectivity index (χ0v) is 10.7. The summed E-state index contributed by atoms with van der Waals surface area (Å²) in [6, 6.07) is 6.60. The van der Waals surface area contributed by atoms with Crippen LogP contribution in [-0.4, -0.2) is 20.7 Å². The Bertz CT molecular complexity index is 335. The quantitative estimate of drug-likeness (QED) is 0.777. The molecule has 0 spiro atoms. The molecule has 0 atom stereocenters. The van der Waals surface area contributed by atoms with Crippen LogP contribution in [0, 0.1) is 0 Å². The molecule has 0 amide bonds. The molecule has 0 aliphatic rings. The van der Waals surface area contributed by atoms with E-state index in [0.717, 1.165) is 6.42 Å². The van der Waals surface area contributed by atoms with Crippen LogP contribution in [0.4, 0.5) is 5.69 Å². The van der Waals surface area contributed by atoms with E-state index in [9.17, 15) is 0 Å². The number of rotatable bonds is 5. The minimum Gasteiger partial charge on any atom is -0.377 e. The molecular weight excluding hydrogens is 200 g/mol. The van der Waals surface area contributed by atoms with E-state index in [1.165, 1.54) is 16.8 Å². The third-order valence-electron chi connectivity index (χ3n) is 2.74. The van der Waals surface area contributed by atoms with Gasteiger partial charge < -0.3 is 9.74 Å². The van der Waals surface area contributed by atoms with E-state index in [-0.39, 0.29) is 0 Å².